The van der Waals surface area contributed by atoms with E-state index in [-0.39, 0.29) is 5.91 Å². The van der Waals surface area contributed by atoms with Crippen molar-refractivity contribution in [3.05, 3.63) is 83.1 Å². The van der Waals surface area contributed by atoms with Crippen molar-refractivity contribution in [1.82, 2.24) is 19.6 Å². The van der Waals surface area contributed by atoms with Crippen LogP contribution >= 0.6 is 11.6 Å². The number of carbonyl (C=O) groups is 1. The molecule has 0 N–H and O–H groups in total. The van der Waals surface area contributed by atoms with E-state index in [2.05, 4.69) is 22.1 Å². The highest BCUT2D eigenvalue weighted by Gasteiger charge is 2.22. The summed E-state index contributed by atoms with van der Waals surface area (Å²) in [5.41, 5.74) is 2.91. The molecule has 5 nitrogen and oxygen atoms in total. The van der Waals surface area contributed by atoms with E-state index in [0.717, 1.165) is 49.0 Å². The predicted molar refractivity (Wildman–Crippen MR) is 106 cm³/mol. The molecule has 2 heterocycles. The highest BCUT2D eigenvalue weighted by atomic mass is 35.5. The monoisotopic (exact) mass is 380 g/mol. The minimum absolute atomic E-state index is 0.0909. The molecule has 0 atom stereocenters. The van der Waals surface area contributed by atoms with Crippen molar-refractivity contribution in [2.75, 3.05) is 26.2 Å². The van der Waals surface area contributed by atoms with Gasteiger partial charge in [-0.15, -0.1) is 0 Å². The Balaban J connectivity index is 1.33. The number of amides is 1. The van der Waals surface area contributed by atoms with E-state index < -0.39 is 0 Å². The van der Waals surface area contributed by atoms with E-state index in [9.17, 15) is 4.79 Å². The van der Waals surface area contributed by atoms with Crippen LogP contribution in [0.15, 0.2) is 67.0 Å². The highest BCUT2D eigenvalue weighted by Crippen LogP contribution is 2.15. The Bertz CT molecular complexity index is 883. The maximum absolute atomic E-state index is 12.8. The molecule has 27 heavy (non-hydrogen) atoms. The summed E-state index contributed by atoms with van der Waals surface area (Å²) in [6.07, 6.45) is 3.62. The Morgan fingerprint density at radius 1 is 0.963 bits per heavy atom. The lowest BCUT2D eigenvalue weighted by Crippen LogP contribution is -2.48. The smallest absolute Gasteiger partial charge is 0.253 e. The number of hydrogen-bond acceptors (Lipinski definition) is 3. The Morgan fingerprint density at radius 2 is 1.67 bits per heavy atom. The topological polar surface area (TPSA) is 41.4 Å². The van der Waals surface area contributed by atoms with Crippen LogP contribution in [0.1, 0.15) is 15.9 Å². The minimum atomic E-state index is 0.0909. The average Bonchev–Trinajstić information content (AvgIpc) is 3.25. The molecule has 1 amide bonds. The summed E-state index contributed by atoms with van der Waals surface area (Å²) in [6.45, 7) is 4.12. The van der Waals surface area contributed by atoms with Gasteiger partial charge in [0.05, 0.1) is 5.69 Å². The van der Waals surface area contributed by atoms with Gasteiger partial charge in [-0.25, -0.2) is 4.68 Å². The van der Waals surface area contributed by atoms with Crippen molar-refractivity contribution < 1.29 is 4.79 Å². The van der Waals surface area contributed by atoms with Crippen molar-refractivity contribution in [2.24, 2.45) is 0 Å². The van der Waals surface area contributed by atoms with E-state index in [1.165, 1.54) is 5.56 Å². The third-order valence-electron chi connectivity index (χ3n) is 4.86. The maximum atomic E-state index is 12.8. The van der Waals surface area contributed by atoms with Crippen molar-refractivity contribution in [2.45, 2.75) is 6.54 Å². The minimum Gasteiger partial charge on any atom is -0.336 e. The molecule has 1 aliphatic rings. The fourth-order valence-corrected chi connectivity index (χ4v) is 3.44. The lowest BCUT2D eigenvalue weighted by atomic mass is 10.1. The molecule has 0 saturated carbocycles. The molecule has 0 aliphatic carbocycles. The standard InChI is InChI=1S/C21H21ClN4O/c22-19-6-2-17(3-7-19)16-24-12-14-25(15-13-24)21(27)18-4-8-20(9-5-18)26-11-1-10-23-26/h1-11H,12-16H2. The Morgan fingerprint density at radius 3 is 2.30 bits per heavy atom. The Hall–Kier alpha value is -2.63. The van der Waals surface area contributed by atoms with Crippen LogP contribution in [0.3, 0.4) is 0 Å². The molecule has 0 bridgehead atoms. The van der Waals surface area contributed by atoms with E-state index in [1.54, 1.807) is 10.9 Å². The number of piperazine rings is 1. The fourth-order valence-electron chi connectivity index (χ4n) is 3.32. The highest BCUT2D eigenvalue weighted by molar-refractivity contribution is 6.30. The van der Waals surface area contributed by atoms with Crippen molar-refractivity contribution in [3.63, 3.8) is 0 Å². The van der Waals surface area contributed by atoms with Crippen LogP contribution in [-0.2, 0) is 6.54 Å². The summed E-state index contributed by atoms with van der Waals surface area (Å²) in [5.74, 6) is 0.0909. The van der Waals surface area contributed by atoms with Crippen LogP contribution in [0.4, 0.5) is 0 Å². The largest absolute Gasteiger partial charge is 0.336 e. The fraction of sp³-hybridized carbons (Fsp3) is 0.238. The molecule has 138 valence electrons. The van der Waals surface area contributed by atoms with Gasteiger partial charge < -0.3 is 4.90 Å². The average molecular weight is 381 g/mol. The summed E-state index contributed by atoms with van der Waals surface area (Å²) < 4.78 is 1.78. The van der Waals surface area contributed by atoms with Crippen molar-refractivity contribution >= 4 is 17.5 Å². The second-order valence-corrected chi connectivity index (χ2v) is 7.13. The molecule has 3 aromatic rings. The number of rotatable bonds is 4. The Kier molecular flexibility index (Phi) is 5.23. The van der Waals surface area contributed by atoms with Gasteiger partial charge in [0.15, 0.2) is 0 Å². The summed E-state index contributed by atoms with van der Waals surface area (Å²) in [6, 6.07) is 17.4. The molecular weight excluding hydrogens is 360 g/mol. The molecule has 2 aromatic carbocycles. The molecule has 1 aliphatic heterocycles. The van der Waals surface area contributed by atoms with Crippen LogP contribution in [0, 0.1) is 0 Å². The zero-order valence-electron chi connectivity index (χ0n) is 15.0. The lowest BCUT2D eigenvalue weighted by Gasteiger charge is -2.34. The number of benzene rings is 2. The number of aromatic nitrogens is 2. The zero-order valence-corrected chi connectivity index (χ0v) is 15.7. The first-order valence-corrected chi connectivity index (χ1v) is 9.43. The number of nitrogens with zero attached hydrogens (tertiary/aromatic N) is 4. The summed E-state index contributed by atoms with van der Waals surface area (Å²) in [5, 5.41) is 4.96. The van der Waals surface area contributed by atoms with Gasteiger partial charge in [-0.2, -0.15) is 5.10 Å². The van der Waals surface area contributed by atoms with E-state index in [0.29, 0.717) is 0 Å². The van der Waals surface area contributed by atoms with Gasteiger partial charge in [-0.1, -0.05) is 23.7 Å². The summed E-state index contributed by atoms with van der Waals surface area (Å²) in [7, 11) is 0. The van der Waals surface area contributed by atoms with Gasteiger partial charge in [0.25, 0.3) is 5.91 Å². The molecule has 0 radical (unpaired) electrons. The second kappa shape index (κ2) is 7.94. The van der Waals surface area contributed by atoms with Gasteiger partial charge in [0, 0.05) is 55.7 Å². The van der Waals surface area contributed by atoms with E-state index in [1.807, 2.05) is 53.6 Å². The SMILES string of the molecule is O=C(c1ccc(-n2cccn2)cc1)N1CCN(Cc2ccc(Cl)cc2)CC1. The second-order valence-electron chi connectivity index (χ2n) is 6.69. The molecule has 4 rings (SSSR count). The number of carbonyl (C=O) groups excluding carboxylic acids is 1. The molecule has 1 aromatic heterocycles. The van der Waals surface area contributed by atoms with Gasteiger partial charge in [-0.3, -0.25) is 9.69 Å². The maximum Gasteiger partial charge on any atom is 0.253 e. The summed E-state index contributed by atoms with van der Waals surface area (Å²) in [4.78, 5) is 17.1. The van der Waals surface area contributed by atoms with E-state index >= 15 is 0 Å². The number of halogens is 1. The Labute approximate surface area is 163 Å². The number of hydrogen-bond donors (Lipinski definition) is 0. The normalized spacial score (nSPS) is 15.1. The predicted octanol–water partition coefficient (Wildman–Crippen LogP) is 3.48. The van der Waals surface area contributed by atoms with Crippen LogP contribution < -0.4 is 0 Å². The van der Waals surface area contributed by atoms with Crippen molar-refractivity contribution in [1.29, 1.82) is 0 Å². The quantitative estimate of drug-likeness (QED) is 0.695. The molecule has 0 spiro atoms. The third kappa shape index (κ3) is 4.21. The van der Waals surface area contributed by atoms with Crippen molar-refractivity contribution in [3.8, 4) is 5.69 Å². The summed E-state index contributed by atoms with van der Waals surface area (Å²) >= 11 is 5.94. The third-order valence-corrected chi connectivity index (χ3v) is 5.11. The molecule has 6 heteroatoms. The molecular formula is C21H21ClN4O. The zero-order chi connectivity index (χ0) is 18.6. The molecule has 1 saturated heterocycles. The van der Waals surface area contributed by atoms with Crippen LogP contribution in [0.5, 0.6) is 0 Å². The first kappa shape index (κ1) is 17.8. The van der Waals surface area contributed by atoms with E-state index in [4.69, 9.17) is 11.6 Å². The first-order chi connectivity index (χ1) is 13.2. The first-order valence-electron chi connectivity index (χ1n) is 9.05. The van der Waals surface area contributed by atoms with Crippen LogP contribution in [-0.4, -0.2) is 51.7 Å². The van der Waals surface area contributed by atoms with Crippen LogP contribution in [0.25, 0.3) is 5.69 Å². The molecule has 1 fully saturated rings. The van der Waals surface area contributed by atoms with Crippen LogP contribution in [0.2, 0.25) is 5.02 Å². The van der Waals surface area contributed by atoms with Gasteiger partial charge in [0.2, 0.25) is 0 Å². The molecule has 0 unspecified atom stereocenters. The van der Waals surface area contributed by atoms with Gasteiger partial charge >= 0.3 is 0 Å². The van der Waals surface area contributed by atoms with Gasteiger partial charge in [0.1, 0.15) is 0 Å². The lowest BCUT2D eigenvalue weighted by molar-refractivity contribution is 0.0628. The van der Waals surface area contributed by atoms with Gasteiger partial charge in [-0.05, 0) is 48.0 Å².